The fourth-order valence-electron chi connectivity index (χ4n) is 1.40. The van der Waals surface area contributed by atoms with Crippen LogP contribution in [0.4, 0.5) is 0 Å². The fraction of sp³-hybridized carbons (Fsp3) is 0.625. The number of hydrogen-bond donors (Lipinski definition) is 0. The molecule has 0 aromatic heterocycles. The maximum Gasteiger partial charge on any atom is 0.129 e. The van der Waals surface area contributed by atoms with Gasteiger partial charge in [-0.15, -0.1) is 5.54 Å². The van der Waals surface area contributed by atoms with Gasteiger partial charge in [0.25, 0.3) is 0 Å². The summed E-state index contributed by atoms with van der Waals surface area (Å²) in [5.74, 6) is 3.16. The monoisotopic (exact) mass is 248 g/mol. The Kier molecular flexibility index (Phi) is 8.90. The SMILES string of the molecule is CCCCCC/C=C(C)/C=C/C#C[Si](C)(C)C. The topological polar surface area (TPSA) is 0 Å². The first-order valence-corrected chi connectivity index (χ1v) is 10.3. The van der Waals surface area contributed by atoms with Gasteiger partial charge in [0, 0.05) is 0 Å². The minimum absolute atomic E-state index is 1.20. The smallest absolute Gasteiger partial charge is 0.127 e. The van der Waals surface area contributed by atoms with E-state index in [1.165, 1.54) is 37.7 Å². The lowest BCUT2D eigenvalue weighted by molar-refractivity contribution is 0.674. The molecular weight excluding hydrogens is 220 g/mol. The van der Waals surface area contributed by atoms with Gasteiger partial charge in [0.1, 0.15) is 8.07 Å². The second kappa shape index (κ2) is 9.30. The number of rotatable bonds is 6. The molecule has 0 heterocycles. The highest BCUT2D eigenvalue weighted by Gasteiger charge is 2.06. The summed E-state index contributed by atoms with van der Waals surface area (Å²) in [5, 5.41) is 0. The van der Waals surface area contributed by atoms with Crippen molar-refractivity contribution >= 4 is 8.07 Å². The molecule has 0 aromatic rings. The summed E-state index contributed by atoms with van der Waals surface area (Å²) in [6.07, 6.45) is 13.0. The van der Waals surface area contributed by atoms with Crippen LogP contribution in [-0.2, 0) is 0 Å². The van der Waals surface area contributed by atoms with E-state index in [4.69, 9.17) is 0 Å². The quantitative estimate of drug-likeness (QED) is 0.257. The van der Waals surface area contributed by atoms with Crippen molar-refractivity contribution in [3.8, 4) is 11.5 Å². The van der Waals surface area contributed by atoms with E-state index in [1.807, 2.05) is 6.08 Å². The van der Waals surface area contributed by atoms with Gasteiger partial charge in [-0.3, -0.25) is 0 Å². The first-order chi connectivity index (χ1) is 7.95. The highest BCUT2D eigenvalue weighted by Crippen LogP contribution is 2.06. The Labute approximate surface area is 109 Å². The van der Waals surface area contributed by atoms with E-state index in [9.17, 15) is 0 Å². The van der Waals surface area contributed by atoms with Crippen LogP contribution in [0.15, 0.2) is 23.8 Å². The van der Waals surface area contributed by atoms with Gasteiger partial charge in [-0.05, 0) is 25.8 Å². The zero-order chi connectivity index (χ0) is 13.1. The first kappa shape index (κ1) is 16.3. The van der Waals surface area contributed by atoms with Crippen molar-refractivity contribution in [2.75, 3.05) is 0 Å². The molecule has 0 aliphatic rings. The van der Waals surface area contributed by atoms with Crippen molar-refractivity contribution in [3.05, 3.63) is 23.8 Å². The van der Waals surface area contributed by atoms with Crippen LogP contribution in [0.3, 0.4) is 0 Å². The lowest BCUT2D eigenvalue weighted by Gasteiger charge is -2.02. The van der Waals surface area contributed by atoms with E-state index in [0.717, 1.165) is 0 Å². The summed E-state index contributed by atoms with van der Waals surface area (Å²) in [5.41, 5.74) is 4.68. The average molecular weight is 248 g/mol. The van der Waals surface area contributed by atoms with E-state index in [0.29, 0.717) is 0 Å². The second-order valence-corrected chi connectivity index (χ2v) is 10.4. The van der Waals surface area contributed by atoms with Gasteiger partial charge in [0.05, 0.1) is 0 Å². The molecule has 0 N–H and O–H groups in total. The van der Waals surface area contributed by atoms with Crippen molar-refractivity contribution < 1.29 is 0 Å². The Balaban J connectivity index is 3.90. The predicted octanol–water partition coefficient (Wildman–Crippen LogP) is 5.34. The predicted molar refractivity (Wildman–Crippen MR) is 82.8 cm³/mol. The van der Waals surface area contributed by atoms with E-state index in [1.54, 1.807) is 0 Å². The summed E-state index contributed by atoms with van der Waals surface area (Å²) < 4.78 is 0. The maximum atomic E-state index is 3.34. The Morgan fingerprint density at radius 1 is 1.12 bits per heavy atom. The molecule has 17 heavy (non-hydrogen) atoms. The molecule has 96 valence electrons. The standard InChI is InChI=1S/C16H28Si/c1-6-7-8-9-10-13-16(2)14-11-12-15-17(3,4)5/h11,13-14H,6-10H2,1-5H3/b14-11+,16-13+. The molecule has 0 saturated carbocycles. The Hall–Kier alpha value is -0.743. The molecule has 0 aliphatic heterocycles. The molecular formula is C16H28Si. The zero-order valence-electron chi connectivity index (χ0n) is 12.3. The van der Waals surface area contributed by atoms with E-state index >= 15 is 0 Å². The summed E-state index contributed by atoms with van der Waals surface area (Å²) in [6, 6.07) is 0. The summed E-state index contributed by atoms with van der Waals surface area (Å²) in [7, 11) is -1.20. The van der Waals surface area contributed by atoms with Crippen LogP contribution in [-0.4, -0.2) is 8.07 Å². The molecule has 0 rings (SSSR count). The van der Waals surface area contributed by atoms with E-state index in [-0.39, 0.29) is 0 Å². The van der Waals surface area contributed by atoms with Crippen LogP contribution >= 0.6 is 0 Å². The maximum absolute atomic E-state index is 3.34. The second-order valence-electron chi connectivity index (χ2n) is 5.65. The number of hydrogen-bond acceptors (Lipinski definition) is 0. The molecule has 0 unspecified atom stereocenters. The van der Waals surface area contributed by atoms with Crippen molar-refractivity contribution in [3.63, 3.8) is 0 Å². The fourth-order valence-corrected chi connectivity index (χ4v) is 1.92. The van der Waals surface area contributed by atoms with Crippen LogP contribution < -0.4 is 0 Å². The Morgan fingerprint density at radius 3 is 2.41 bits per heavy atom. The van der Waals surface area contributed by atoms with Crippen LogP contribution in [0.25, 0.3) is 0 Å². The first-order valence-electron chi connectivity index (χ1n) is 6.81. The molecule has 0 bridgehead atoms. The summed E-state index contributed by atoms with van der Waals surface area (Å²) in [4.78, 5) is 0. The van der Waals surface area contributed by atoms with Gasteiger partial charge in [0.2, 0.25) is 0 Å². The van der Waals surface area contributed by atoms with Crippen molar-refractivity contribution in [1.29, 1.82) is 0 Å². The third kappa shape index (κ3) is 13.2. The van der Waals surface area contributed by atoms with Crippen molar-refractivity contribution in [2.45, 2.75) is 65.6 Å². The van der Waals surface area contributed by atoms with Crippen LogP contribution in [0, 0.1) is 11.5 Å². The minimum atomic E-state index is -1.20. The van der Waals surface area contributed by atoms with Crippen molar-refractivity contribution in [2.24, 2.45) is 0 Å². The molecule has 0 aromatic carbocycles. The van der Waals surface area contributed by atoms with Crippen LogP contribution in [0.1, 0.15) is 46.0 Å². The summed E-state index contributed by atoms with van der Waals surface area (Å²) in [6.45, 7) is 11.2. The molecule has 0 amide bonds. The lowest BCUT2D eigenvalue weighted by atomic mass is 10.1. The number of allylic oxidation sites excluding steroid dienone is 4. The molecule has 0 aliphatic carbocycles. The molecule has 0 nitrogen and oxygen atoms in total. The molecule has 0 fully saturated rings. The third-order valence-electron chi connectivity index (χ3n) is 2.40. The summed E-state index contributed by atoms with van der Waals surface area (Å²) >= 11 is 0. The third-order valence-corrected chi connectivity index (χ3v) is 3.30. The minimum Gasteiger partial charge on any atom is -0.127 e. The van der Waals surface area contributed by atoms with Crippen LogP contribution in [0.5, 0.6) is 0 Å². The van der Waals surface area contributed by atoms with E-state index in [2.05, 4.69) is 57.1 Å². The van der Waals surface area contributed by atoms with E-state index < -0.39 is 8.07 Å². The lowest BCUT2D eigenvalue weighted by Crippen LogP contribution is -2.16. The van der Waals surface area contributed by atoms with Gasteiger partial charge < -0.3 is 0 Å². The Morgan fingerprint density at radius 2 is 1.82 bits per heavy atom. The van der Waals surface area contributed by atoms with Gasteiger partial charge in [-0.1, -0.05) is 69.5 Å². The molecule has 0 atom stereocenters. The van der Waals surface area contributed by atoms with Crippen molar-refractivity contribution in [1.82, 2.24) is 0 Å². The molecule has 1 heteroatoms. The Bertz CT molecular complexity index is 305. The zero-order valence-corrected chi connectivity index (χ0v) is 13.3. The average Bonchev–Trinajstić information content (AvgIpc) is 2.23. The normalized spacial score (nSPS) is 12.6. The van der Waals surface area contributed by atoms with Gasteiger partial charge in [0.15, 0.2) is 0 Å². The highest BCUT2D eigenvalue weighted by molar-refractivity contribution is 6.83. The van der Waals surface area contributed by atoms with Gasteiger partial charge in [-0.25, -0.2) is 0 Å². The highest BCUT2D eigenvalue weighted by atomic mass is 28.3. The van der Waals surface area contributed by atoms with Gasteiger partial charge >= 0.3 is 0 Å². The van der Waals surface area contributed by atoms with Crippen LogP contribution in [0.2, 0.25) is 19.6 Å². The molecule has 0 spiro atoms. The van der Waals surface area contributed by atoms with Gasteiger partial charge in [-0.2, -0.15) is 0 Å². The number of unbranched alkanes of at least 4 members (excludes halogenated alkanes) is 4. The molecule has 0 saturated heterocycles. The molecule has 0 radical (unpaired) electrons. The largest absolute Gasteiger partial charge is 0.129 e.